The molecular formula is C18H17F3N2OSi+. The second-order valence-electron chi connectivity index (χ2n) is 6.30. The van der Waals surface area contributed by atoms with Crippen LogP contribution in [0.5, 0.6) is 0 Å². The Hall–Kier alpha value is -1.96. The average molecular weight is 362 g/mol. The number of alkyl halides is 3. The van der Waals surface area contributed by atoms with E-state index >= 15 is 0 Å². The monoisotopic (exact) mass is 362 g/mol. The fraction of sp³-hybridized carbons (Fsp3) is 0.278. The molecule has 3 nitrogen and oxygen atoms in total. The fourth-order valence-corrected chi connectivity index (χ4v) is 3.82. The van der Waals surface area contributed by atoms with Crippen LogP contribution >= 0.6 is 0 Å². The van der Waals surface area contributed by atoms with Gasteiger partial charge in [-0.3, -0.25) is 4.15 Å². The highest BCUT2D eigenvalue weighted by molar-refractivity contribution is 6.27. The van der Waals surface area contributed by atoms with Crippen LogP contribution in [-0.2, 0) is 17.4 Å². The minimum absolute atomic E-state index is 0.221. The lowest BCUT2D eigenvalue weighted by Crippen LogP contribution is -2.63. The van der Waals surface area contributed by atoms with Crippen LogP contribution in [0.4, 0.5) is 18.9 Å². The van der Waals surface area contributed by atoms with Gasteiger partial charge in [0.05, 0.1) is 5.56 Å². The first-order valence-electron chi connectivity index (χ1n) is 7.85. The Bertz CT molecular complexity index is 810. The second kappa shape index (κ2) is 6.08. The Labute approximate surface area is 147 Å². The van der Waals surface area contributed by atoms with Gasteiger partial charge in [0.2, 0.25) is 0 Å². The van der Waals surface area contributed by atoms with Crippen LogP contribution in [0, 0.1) is 0 Å². The van der Waals surface area contributed by atoms with Crippen molar-refractivity contribution in [3.63, 3.8) is 0 Å². The summed E-state index contributed by atoms with van der Waals surface area (Å²) < 4.78 is 39.1. The molecule has 0 aliphatic carbocycles. The van der Waals surface area contributed by atoms with Gasteiger partial charge < -0.3 is 5.73 Å². The maximum absolute atomic E-state index is 13.2. The van der Waals surface area contributed by atoms with Crippen LogP contribution < -0.4 is 9.88 Å². The van der Waals surface area contributed by atoms with E-state index in [2.05, 4.69) is 10.4 Å². The van der Waals surface area contributed by atoms with Gasteiger partial charge in [-0.05, 0) is 13.0 Å². The summed E-state index contributed by atoms with van der Waals surface area (Å²) in [5.41, 5.74) is 6.95. The minimum Gasteiger partial charge on any atom is -0.316 e. The summed E-state index contributed by atoms with van der Waals surface area (Å²) in [5, 5.41) is 0. The number of fused-ring (bicyclic) bond motifs is 1. The van der Waals surface area contributed by atoms with Crippen LogP contribution in [0.2, 0.25) is 0 Å². The highest BCUT2D eigenvalue weighted by Crippen LogP contribution is 2.42. The molecule has 129 valence electrons. The molecule has 0 saturated heterocycles. The molecule has 2 aromatic rings. The predicted octanol–water partition coefficient (Wildman–Crippen LogP) is 3.27. The number of halogens is 3. The van der Waals surface area contributed by atoms with Crippen molar-refractivity contribution < 1.29 is 18.0 Å². The first-order chi connectivity index (χ1) is 11.7. The zero-order chi connectivity index (χ0) is 18.4. The van der Waals surface area contributed by atoms with Crippen molar-refractivity contribution in [2.75, 3.05) is 0 Å². The lowest BCUT2D eigenvalue weighted by molar-refractivity contribution is -0.138. The van der Waals surface area contributed by atoms with Crippen LogP contribution in [-0.4, -0.2) is 22.4 Å². The molecular weight excluding hydrogens is 345 g/mol. The quantitative estimate of drug-likeness (QED) is 0.834. The smallest absolute Gasteiger partial charge is 0.316 e. The summed E-state index contributed by atoms with van der Waals surface area (Å²) in [5.74, 6) is -0.361. The van der Waals surface area contributed by atoms with E-state index in [0.717, 1.165) is 17.7 Å². The maximum Gasteiger partial charge on any atom is 0.464 e. The number of nitrogens with zero attached hydrogens (tertiary/aromatic N) is 1. The van der Waals surface area contributed by atoms with Crippen molar-refractivity contribution in [1.29, 1.82) is 0 Å². The molecule has 1 heterocycles. The third kappa shape index (κ3) is 2.92. The predicted molar refractivity (Wildman–Crippen MR) is 90.5 cm³/mol. The molecule has 3 rings (SSSR count). The molecule has 2 N–H and O–H groups in total. The van der Waals surface area contributed by atoms with E-state index in [9.17, 15) is 18.0 Å². The summed E-state index contributed by atoms with van der Waals surface area (Å²) in [6, 6.07) is 11.4. The zero-order valence-electron chi connectivity index (χ0n) is 13.5. The Morgan fingerprint density at radius 3 is 2.44 bits per heavy atom. The lowest BCUT2D eigenvalue weighted by Gasteiger charge is -2.43. The molecule has 7 heteroatoms. The summed E-state index contributed by atoms with van der Waals surface area (Å²) >= 11 is 0. The SMILES string of the molecule is C[C@@H](c1ccccc1)[N+]1([Si])C(=O)[C@H](N)Cc2ccc(C(F)(F)F)cc21. The Balaban J connectivity index is 2.20. The fourth-order valence-electron chi connectivity index (χ4n) is 3.30. The molecule has 1 aliphatic heterocycles. The topological polar surface area (TPSA) is 43.1 Å². The van der Waals surface area contributed by atoms with Crippen molar-refractivity contribution in [3.8, 4) is 0 Å². The average Bonchev–Trinajstić information content (AvgIpc) is 2.59. The van der Waals surface area contributed by atoms with Gasteiger partial charge >= 0.3 is 22.5 Å². The number of hydrogen-bond donors (Lipinski definition) is 1. The van der Waals surface area contributed by atoms with Crippen molar-refractivity contribution in [1.82, 2.24) is 4.15 Å². The molecule has 0 fully saturated rings. The molecule has 0 bridgehead atoms. The van der Waals surface area contributed by atoms with E-state index in [1.807, 2.05) is 30.3 Å². The number of benzene rings is 2. The zero-order valence-corrected chi connectivity index (χ0v) is 14.5. The third-order valence-electron chi connectivity index (χ3n) is 4.76. The van der Waals surface area contributed by atoms with Gasteiger partial charge in [-0.25, -0.2) is 4.79 Å². The molecule has 2 aromatic carbocycles. The molecule has 0 saturated carbocycles. The minimum atomic E-state index is -4.48. The second-order valence-corrected chi connectivity index (χ2v) is 7.00. The van der Waals surface area contributed by atoms with E-state index in [0.29, 0.717) is 5.56 Å². The van der Waals surface area contributed by atoms with Crippen LogP contribution in [0.1, 0.15) is 29.7 Å². The number of amides is 1. The van der Waals surface area contributed by atoms with Gasteiger partial charge in [-0.1, -0.05) is 36.4 Å². The van der Waals surface area contributed by atoms with Crippen LogP contribution in [0.15, 0.2) is 48.5 Å². The summed E-state index contributed by atoms with van der Waals surface area (Å²) in [4.78, 5) is 12.9. The Morgan fingerprint density at radius 1 is 1.20 bits per heavy atom. The number of hydrogen-bond acceptors (Lipinski definition) is 2. The lowest BCUT2D eigenvalue weighted by atomic mass is 9.93. The number of rotatable bonds is 2. The van der Waals surface area contributed by atoms with Gasteiger partial charge in [0.1, 0.15) is 17.8 Å². The van der Waals surface area contributed by atoms with E-state index in [4.69, 9.17) is 5.73 Å². The maximum atomic E-state index is 13.2. The van der Waals surface area contributed by atoms with Crippen molar-refractivity contribution in [2.45, 2.75) is 31.6 Å². The van der Waals surface area contributed by atoms with Crippen molar-refractivity contribution in [2.24, 2.45) is 5.73 Å². The Morgan fingerprint density at radius 2 is 1.84 bits per heavy atom. The van der Waals surface area contributed by atoms with Gasteiger partial charge in [0.15, 0.2) is 0 Å². The molecule has 1 unspecified atom stereocenters. The van der Waals surface area contributed by atoms with Crippen molar-refractivity contribution >= 4 is 22.0 Å². The van der Waals surface area contributed by atoms with Gasteiger partial charge in [0, 0.05) is 23.6 Å². The molecule has 1 amide bonds. The van der Waals surface area contributed by atoms with Crippen molar-refractivity contribution in [3.05, 3.63) is 65.2 Å². The third-order valence-corrected chi connectivity index (χ3v) is 5.61. The molecule has 0 spiro atoms. The molecule has 25 heavy (non-hydrogen) atoms. The number of nitrogens with two attached hydrogens (primary N) is 1. The van der Waals surface area contributed by atoms with E-state index in [1.54, 1.807) is 6.92 Å². The van der Waals surface area contributed by atoms with E-state index in [1.165, 1.54) is 6.07 Å². The van der Waals surface area contributed by atoms with Gasteiger partial charge in [-0.15, -0.1) is 0 Å². The van der Waals surface area contributed by atoms with Crippen LogP contribution in [0.25, 0.3) is 0 Å². The standard InChI is InChI=1S/C18H17F3N2OSi/c1-11(12-5-3-2-4-6-12)23(25)16-10-14(18(19,20)21)8-7-13(16)9-15(22)17(23)24/h2-8,10-11,15H,9,22H2,1H3/q+1/t11-,15+,23?/m0/s1. The molecule has 3 atom stereocenters. The number of carbonyl (C=O) groups excluding carboxylic acids is 1. The highest BCUT2D eigenvalue weighted by atomic mass is 28.2. The van der Waals surface area contributed by atoms with E-state index in [-0.39, 0.29) is 18.0 Å². The van der Waals surface area contributed by atoms with Gasteiger partial charge in [0.25, 0.3) is 0 Å². The van der Waals surface area contributed by atoms with Gasteiger partial charge in [-0.2, -0.15) is 13.2 Å². The summed E-state index contributed by atoms with van der Waals surface area (Å²) in [6.45, 7) is 1.79. The molecule has 0 aromatic heterocycles. The first-order valence-corrected chi connectivity index (χ1v) is 8.30. The number of quaternary nitrogens is 1. The highest BCUT2D eigenvalue weighted by Gasteiger charge is 2.49. The summed E-state index contributed by atoms with van der Waals surface area (Å²) in [7, 11) is 3.51. The Kier molecular flexibility index (Phi) is 4.34. The molecule has 1 aliphatic rings. The number of carbonyl (C=O) groups is 1. The first kappa shape index (κ1) is 17.8. The molecule has 3 radical (unpaired) electrons. The summed E-state index contributed by atoms with van der Waals surface area (Å²) in [6.07, 6.45) is -4.26. The van der Waals surface area contributed by atoms with Crippen LogP contribution in [0.3, 0.4) is 0 Å². The van der Waals surface area contributed by atoms with E-state index < -0.39 is 28.0 Å². The largest absolute Gasteiger partial charge is 0.464 e. The normalized spacial score (nSPS) is 24.7.